The van der Waals surface area contributed by atoms with E-state index >= 15 is 0 Å². The molecule has 0 bridgehead atoms. The molecule has 2 amide bonds. The van der Waals surface area contributed by atoms with Crippen molar-refractivity contribution in [2.45, 2.75) is 18.9 Å². The number of anilines is 1. The van der Waals surface area contributed by atoms with Crippen LogP contribution < -0.4 is 20.1 Å². The molecule has 3 rings (SSSR count). The van der Waals surface area contributed by atoms with Crippen molar-refractivity contribution in [3.63, 3.8) is 0 Å². The Morgan fingerprint density at radius 1 is 1.46 bits per heavy atom. The number of hydrogen-bond donors (Lipinski definition) is 2. The van der Waals surface area contributed by atoms with Gasteiger partial charge in [0.25, 0.3) is 0 Å². The number of ether oxygens (including phenoxy) is 2. The molecule has 0 spiro atoms. The Morgan fingerprint density at radius 3 is 3.04 bits per heavy atom. The fourth-order valence-electron chi connectivity index (χ4n) is 2.67. The van der Waals surface area contributed by atoms with Crippen molar-refractivity contribution in [2.75, 3.05) is 19.0 Å². The third-order valence-electron chi connectivity index (χ3n) is 3.86. The summed E-state index contributed by atoms with van der Waals surface area (Å²) in [6.45, 7) is 0.539. The van der Waals surface area contributed by atoms with E-state index in [1.54, 1.807) is 19.2 Å². The summed E-state index contributed by atoms with van der Waals surface area (Å²) in [6, 6.07) is 5.23. The first kappa shape index (κ1) is 16.1. The Labute approximate surface area is 138 Å². The van der Waals surface area contributed by atoms with Crippen molar-refractivity contribution in [2.24, 2.45) is 7.05 Å². The van der Waals surface area contributed by atoms with E-state index in [4.69, 9.17) is 9.47 Å². The zero-order valence-electron chi connectivity index (χ0n) is 13.5. The first-order valence-corrected chi connectivity index (χ1v) is 7.64. The predicted octanol–water partition coefficient (Wildman–Crippen LogP) is 2.60. The topological polar surface area (TPSA) is 77.4 Å². The number of amides is 2. The van der Waals surface area contributed by atoms with E-state index < -0.39 is 6.03 Å². The van der Waals surface area contributed by atoms with Gasteiger partial charge in [-0.3, -0.25) is 5.32 Å². The van der Waals surface area contributed by atoms with Gasteiger partial charge in [-0.1, -0.05) is 0 Å². The summed E-state index contributed by atoms with van der Waals surface area (Å²) in [5.41, 5.74) is 0.644. The average molecular weight is 334 g/mol. The van der Waals surface area contributed by atoms with Gasteiger partial charge < -0.3 is 14.8 Å². The van der Waals surface area contributed by atoms with Crippen LogP contribution in [-0.2, 0) is 7.05 Å². The predicted molar refractivity (Wildman–Crippen MR) is 85.8 cm³/mol. The molecular weight excluding hydrogens is 315 g/mol. The molecule has 0 aliphatic carbocycles. The van der Waals surface area contributed by atoms with Crippen LogP contribution in [0.1, 0.15) is 24.4 Å². The van der Waals surface area contributed by atoms with Crippen LogP contribution in [0, 0.1) is 5.82 Å². The van der Waals surface area contributed by atoms with Crippen LogP contribution in [0.2, 0.25) is 0 Å². The minimum absolute atomic E-state index is 0.326. The Morgan fingerprint density at radius 2 is 2.29 bits per heavy atom. The number of carbonyl (C=O) groups excluding carboxylic acids is 1. The molecule has 0 saturated heterocycles. The van der Waals surface area contributed by atoms with Gasteiger partial charge in [0, 0.05) is 18.7 Å². The van der Waals surface area contributed by atoms with E-state index in [1.165, 1.54) is 23.9 Å². The van der Waals surface area contributed by atoms with Crippen molar-refractivity contribution in [1.29, 1.82) is 0 Å². The SMILES string of the molecule is COc1cc(NC(=O)NC2CCCOc3ccc(F)cc32)n(C)n1. The molecule has 2 heterocycles. The molecule has 24 heavy (non-hydrogen) atoms. The maximum atomic E-state index is 13.6. The van der Waals surface area contributed by atoms with Crippen LogP contribution in [0.15, 0.2) is 24.3 Å². The molecule has 1 aliphatic heterocycles. The van der Waals surface area contributed by atoms with Crippen LogP contribution in [0.25, 0.3) is 0 Å². The van der Waals surface area contributed by atoms with E-state index in [9.17, 15) is 9.18 Å². The summed E-state index contributed by atoms with van der Waals surface area (Å²) in [5.74, 6) is 1.14. The quantitative estimate of drug-likeness (QED) is 0.904. The molecule has 1 aromatic heterocycles. The van der Waals surface area contributed by atoms with E-state index in [1.807, 2.05) is 0 Å². The number of urea groups is 1. The van der Waals surface area contributed by atoms with E-state index in [-0.39, 0.29) is 11.9 Å². The van der Waals surface area contributed by atoms with E-state index in [0.717, 1.165) is 6.42 Å². The molecule has 0 fully saturated rings. The summed E-state index contributed by atoms with van der Waals surface area (Å²) in [5, 5.41) is 9.65. The molecule has 1 atom stereocenters. The van der Waals surface area contributed by atoms with Crippen molar-refractivity contribution < 1.29 is 18.7 Å². The number of nitrogens with one attached hydrogen (secondary N) is 2. The number of halogens is 1. The fourth-order valence-corrected chi connectivity index (χ4v) is 2.67. The van der Waals surface area contributed by atoms with E-state index in [2.05, 4.69) is 15.7 Å². The Hall–Kier alpha value is -2.77. The van der Waals surface area contributed by atoms with Crippen molar-refractivity contribution >= 4 is 11.8 Å². The number of benzene rings is 1. The first-order chi connectivity index (χ1) is 11.6. The molecule has 2 N–H and O–H groups in total. The molecule has 128 valence electrons. The zero-order valence-corrected chi connectivity index (χ0v) is 13.5. The zero-order chi connectivity index (χ0) is 17.1. The molecule has 7 nitrogen and oxygen atoms in total. The molecule has 8 heteroatoms. The Balaban J connectivity index is 1.74. The van der Waals surface area contributed by atoms with Gasteiger partial charge in [0.2, 0.25) is 5.88 Å². The van der Waals surface area contributed by atoms with Gasteiger partial charge in [-0.25, -0.2) is 13.9 Å². The minimum Gasteiger partial charge on any atom is -0.493 e. The number of methoxy groups -OCH3 is 1. The number of hydrogen-bond acceptors (Lipinski definition) is 4. The summed E-state index contributed by atoms with van der Waals surface area (Å²) >= 11 is 0. The van der Waals surface area contributed by atoms with Gasteiger partial charge in [-0.15, -0.1) is 5.10 Å². The maximum absolute atomic E-state index is 13.6. The maximum Gasteiger partial charge on any atom is 0.320 e. The first-order valence-electron chi connectivity index (χ1n) is 7.64. The summed E-state index contributed by atoms with van der Waals surface area (Å²) in [6.07, 6.45) is 1.43. The highest BCUT2D eigenvalue weighted by atomic mass is 19.1. The lowest BCUT2D eigenvalue weighted by atomic mass is 10.0. The van der Waals surface area contributed by atoms with Gasteiger partial charge in [-0.2, -0.15) is 0 Å². The van der Waals surface area contributed by atoms with Gasteiger partial charge >= 0.3 is 6.03 Å². The third-order valence-corrected chi connectivity index (χ3v) is 3.86. The molecule has 0 saturated carbocycles. The van der Waals surface area contributed by atoms with Gasteiger partial charge in [0.15, 0.2) is 0 Å². The monoisotopic (exact) mass is 334 g/mol. The van der Waals surface area contributed by atoms with Gasteiger partial charge in [0.05, 0.1) is 19.8 Å². The summed E-state index contributed by atoms with van der Waals surface area (Å²) < 4.78 is 25.7. The Kier molecular flexibility index (Phi) is 4.54. The molecule has 1 aromatic carbocycles. The highest BCUT2D eigenvalue weighted by molar-refractivity contribution is 5.88. The van der Waals surface area contributed by atoms with Gasteiger partial charge in [0.1, 0.15) is 17.4 Å². The lowest BCUT2D eigenvalue weighted by molar-refractivity contribution is 0.247. The van der Waals surface area contributed by atoms with Crippen LogP contribution >= 0.6 is 0 Å². The summed E-state index contributed by atoms with van der Waals surface area (Å²) in [4.78, 5) is 12.3. The molecule has 2 aromatic rings. The third kappa shape index (κ3) is 3.42. The van der Waals surface area contributed by atoms with Crippen molar-refractivity contribution in [3.8, 4) is 11.6 Å². The number of carbonyl (C=O) groups is 1. The number of rotatable bonds is 3. The second kappa shape index (κ2) is 6.77. The minimum atomic E-state index is -0.400. The molecule has 0 radical (unpaired) electrons. The number of aromatic nitrogens is 2. The molecule has 1 aliphatic rings. The molecule has 1 unspecified atom stereocenters. The highest BCUT2D eigenvalue weighted by Crippen LogP contribution is 2.32. The second-order valence-electron chi connectivity index (χ2n) is 5.52. The standard InChI is InChI=1S/C16H19FN4O3/c1-21-14(9-15(20-21)23-2)19-16(22)18-12-4-3-7-24-13-6-5-10(17)8-11(12)13/h5-6,8-9,12H,3-4,7H2,1-2H3,(H2,18,19,22). The lowest BCUT2D eigenvalue weighted by Gasteiger charge is -2.18. The number of fused-ring (bicyclic) bond motifs is 1. The van der Waals surface area contributed by atoms with Crippen molar-refractivity contribution in [3.05, 3.63) is 35.6 Å². The fraction of sp³-hybridized carbons (Fsp3) is 0.375. The van der Waals surface area contributed by atoms with Crippen LogP contribution in [-0.4, -0.2) is 29.5 Å². The lowest BCUT2D eigenvalue weighted by Crippen LogP contribution is -2.33. The smallest absolute Gasteiger partial charge is 0.320 e. The number of aryl methyl sites for hydroxylation is 1. The Bertz CT molecular complexity index is 747. The average Bonchev–Trinajstić information content (AvgIpc) is 2.79. The highest BCUT2D eigenvalue weighted by Gasteiger charge is 2.22. The number of nitrogens with zero attached hydrogens (tertiary/aromatic N) is 2. The van der Waals surface area contributed by atoms with Crippen LogP contribution in [0.3, 0.4) is 0 Å². The van der Waals surface area contributed by atoms with E-state index in [0.29, 0.717) is 36.0 Å². The normalized spacial score (nSPS) is 16.5. The van der Waals surface area contributed by atoms with Crippen molar-refractivity contribution in [1.82, 2.24) is 15.1 Å². The van der Waals surface area contributed by atoms with Crippen LogP contribution in [0.5, 0.6) is 11.6 Å². The van der Waals surface area contributed by atoms with Crippen LogP contribution in [0.4, 0.5) is 15.0 Å². The summed E-state index contributed by atoms with van der Waals surface area (Å²) in [7, 11) is 3.20. The second-order valence-corrected chi connectivity index (χ2v) is 5.52. The molecular formula is C16H19FN4O3. The van der Waals surface area contributed by atoms with Gasteiger partial charge in [-0.05, 0) is 31.0 Å². The largest absolute Gasteiger partial charge is 0.493 e.